The molecule has 0 bridgehead atoms. The highest BCUT2D eigenvalue weighted by molar-refractivity contribution is 7.19. The summed E-state index contributed by atoms with van der Waals surface area (Å²) in [6, 6.07) is 9.38. The lowest BCUT2D eigenvalue weighted by Crippen LogP contribution is -2.21. The van der Waals surface area contributed by atoms with Gasteiger partial charge >= 0.3 is 5.97 Å². The minimum Gasteiger partial charge on any atom is -0.482 e. The third-order valence-corrected chi connectivity index (χ3v) is 7.09. The van der Waals surface area contributed by atoms with Gasteiger partial charge in [-0.15, -0.1) is 11.3 Å². The van der Waals surface area contributed by atoms with Gasteiger partial charge in [0.25, 0.3) is 11.8 Å². The standard InChI is InChI=1S/C23H18Cl4N2O5S/c1-3-33-23(32)18-11(2)20(21(31)28-15-6-4-5-13(25)19(15)27)35-22(18)29-17(30)10-34-16-8-7-12(24)9-14(16)26/h4-9H,3,10H2,1-2H3,(H,28,31)(H,29,30). The van der Waals surface area contributed by atoms with Crippen LogP contribution < -0.4 is 15.4 Å². The summed E-state index contributed by atoms with van der Waals surface area (Å²) in [5.41, 5.74) is 0.701. The van der Waals surface area contributed by atoms with Crippen LogP contribution in [0.2, 0.25) is 20.1 Å². The topological polar surface area (TPSA) is 93.7 Å². The van der Waals surface area contributed by atoms with Crippen molar-refractivity contribution in [2.45, 2.75) is 13.8 Å². The maximum absolute atomic E-state index is 13.0. The SMILES string of the molecule is CCOC(=O)c1c(NC(=O)COc2ccc(Cl)cc2Cl)sc(C(=O)Nc2cccc(Cl)c2Cl)c1C. The number of amides is 2. The normalized spacial score (nSPS) is 10.6. The Morgan fingerprint density at radius 2 is 1.74 bits per heavy atom. The molecule has 0 aliphatic heterocycles. The van der Waals surface area contributed by atoms with Gasteiger partial charge in [-0.05, 0) is 49.7 Å². The predicted octanol–water partition coefficient (Wildman–Crippen LogP) is 7.12. The first-order valence-electron chi connectivity index (χ1n) is 10.1. The quantitative estimate of drug-likeness (QED) is 0.279. The highest BCUT2D eigenvalue weighted by atomic mass is 35.5. The lowest BCUT2D eigenvalue weighted by Gasteiger charge is -2.09. The van der Waals surface area contributed by atoms with Crippen LogP contribution in [0.5, 0.6) is 5.75 Å². The molecule has 0 spiro atoms. The maximum atomic E-state index is 13.0. The molecule has 0 saturated carbocycles. The molecule has 0 unspecified atom stereocenters. The Balaban J connectivity index is 1.83. The van der Waals surface area contributed by atoms with Gasteiger partial charge < -0.3 is 20.1 Å². The van der Waals surface area contributed by atoms with Gasteiger partial charge in [0.15, 0.2) is 6.61 Å². The maximum Gasteiger partial charge on any atom is 0.341 e. The minimum atomic E-state index is -0.682. The van der Waals surface area contributed by atoms with E-state index in [2.05, 4.69) is 10.6 Å². The Kier molecular flexibility index (Phi) is 9.27. The van der Waals surface area contributed by atoms with Crippen molar-refractivity contribution >= 4 is 86.2 Å². The monoisotopic (exact) mass is 574 g/mol. The summed E-state index contributed by atoms with van der Waals surface area (Å²) in [4.78, 5) is 38.4. The highest BCUT2D eigenvalue weighted by Gasteiger charge is 2.27. The second kappa shape index (κ2) is 12.0. The highest BCUT2D eigenvalue weighted by Crippen LogP contribution is 2.36. The molecule has 0 saturated heterocycles. The van der Waals surface area contributed by atoms with Crippen LogP contribution in [0.25, 0.3) is 0 Å². The number of thiophene rings is 1. The predicted molar refractivity (Wildman–Crippen MR) is 140 cm³/mol. The Bertz CT molecular complexity index is 1300. The number of hydrogen-bond acceptors (Lipinski definition) is 6. The molecule has 2 amide bonds. The number of ether oxygens (including phenoxy) is 2. The van der Waals surface area contributed by atoms with Crippen LogP contribution in [-0.2, 0) is 9.53 Å². The second-order valence-electron chi connectivity index (χ2n) is 6.95. The van der Waals surface area contributed by atoms with E-state index >= 15 is 0 Å². The largest absolute Gasteiger partial charge is 0.482 e. The van der Waals surface area contributed by atoms with Crippen LogP contribution in [-0.4, -0.2) is 31.0 Å². The van der Waals surface area contributed by atoms with Gasteiger partial charge in [-0.25, -0.2) is 4.79 Å². The molecule has 0 aliphatic carbocycles. The van der Waals surface area contributed by atoms with Crippen molar-refractivity contribution in [1.29, 1.82) is 0 Å². The number of carbonyl (C=O) groups is 3. The second-order valence-corrected chi connectivity index (χ2v) is 9.60. The van der Waals surface area contributed by atoms with Crippen LogP contribution in [0.3, 0.4) is 0 Å². The molecule has 3 aromatic rings. The van der Waals surface area contributed by atoms with E-state index in [1.807, 2.05) is 0 Å². The van der Waals surface area contributed by atoms with Crippen molar-refractivity contribution in [2.24, 2.45) is 0 Å². The molecule has 0 radical (unpaired) electrons. The molecule has 2 aromatic carbocycles. The molecule has 0 atom stereocenters. The van der Waals surface area contributed by atoms with Crippen molar-refractivity contribution in [3.05, 3.63) is 72.5 Å². The third kappa shape index (κ3) is 6.59. The summed E-state index contributed by atoms with van der Waals surface area (Å²) in [6.45, 7) is 2.94. The van der Waals surface area contributed by atoms with E-state index in [-0.39, 0.29) is 42.9 Å². The smallest absolute Gasteiger partial charge is 0.341 e. The number of nitrogens with one attached hydrogen (secondary N) is 2. The van der Waals surface area contributed by atoms with Crippen molar-refractivity contribution in [2.75, 3.05) is 23.8 Å². The van der Waals surface area contributed by atoms with Crippen molar-refractivity contribution in [3.8, 4) is 5.75 Å². The first-order valence-corrected chi connectivity index (χ1v) is 12.4. The Morgan fingerprint density at radius 3 is 2.43 bits per heavy atom. The van der Waals surface area contributed by atoms with E-state index in [9.17, 15) is 14.4 Å². The lowest BCUT2D eigenvalue weighted by molar-refractivity contribution is -0.118. The molecule has 1 aromatic heterocycles. The van der Waals surface area contributed by atoms with E-state index in [1.54, 1.807) is 38.1 Å². The van der Waals surface area contributed by atoms with Gasteiger partial charge in [-0.1, -0.05) is 52.5 Å². The van der Waals surface area contributed by atoms with E-state index in [4.69, 9.17) is 55.9 Å². The van der Waals surface area contributed by atoms with Gasteiger partial charge in [-0.2, -0.15) is 0 Å². The zero-order valence-electron chi connectivity index (χ0n) is 18.3. The average molecular weight is 576 g/mol. The fourth-order valence-electron chi connectivity index (χ4n) is 2.94. The van der Waals surface area contributed by atoms with Crippen LogP contribution in [0.4, 0.5) is 10.7 Å². The molecule has 3 rings (SSSR count). The number of rotatable bonds is 8. The summed E-state index contributed by atoms with van der Waals surface area (Å²) < 4.78 is 10.6. The Labute approximate surface area is 225 Å². The summed E-state index contributed by atoms with van der Waals surface area (Å²) in [5.74, 6) is -1.53. The van der Waals surface area contributed by atoms with Crippen LogP contribution >= 0.6 is 57.7 Å². The van der Waals surface area contributed by atoms with Gasteiger partial charge in [-0.3, -0.25) is 9.59 Å². The summed E-state index contributed by atoms with van der Waals surface area (Å²) in [5, 5.41) is 6.52. The van der Waals surface area contributed by atoms with Crippen molar-refractivity contribution < 1.29 is 23.9 Å². The van der Waals surface area contributed by atoms with Gasteiger partial charge in [0.2, 0.25) is 0 Å². The fraction of sp³-hybridized carbons (Fsp3) is 0.174. The first-order chi connectivity index (χ1) is 16.6. The summed E-state index contributed by atoms with van der Waals surface area (Å²) >= 11 is 25.0. The molecule has 35 heavy (non-hydrogen) atoms. The average Bonchev–Trinajstić information content (AvgIpc) is 3.12. The molecule has 0 fully saturated rings. The molecule has 1 heterocycles. The Hall–Kier alpha value is -2.49. The minimum absolute atomic E-state index is 0.0667. The first kappa shape index (κ1) is 27.1. The van der Waals surface area contributed by atoms with Crippen LogP contribution in [0.1, 0.15) is 32.5 Å². The van der Waals surface area contributed by atoms with E-state index in [0.29, 0.717) is 16.3 Å². The zero-order chi connectivity index (χ0) is 25.7. The number of carbonyl (C=O) groups excluding carboxylic acids is 3. The molecule has 2 N–H and O–H groups in total. The van der Waals surface area contributed by atoms with Gasteiger partial charge in [0.05, 0.1) is 37.8 Å². The molecular formula is C23H18Cl4N2O5S. The molecular weight excluding hydrogens is 558 g/mol. The Morgan fingerprint density at radius 1 is 1.00 bits per heavy atom. The molecule has 12 heteroatoms. The van der Waals surface area contributed by atoms with Gasteiger partial charge in [0, 0.05) is 5.02 Å². The molecule has 0 aliphatic rings. The molecule has 184 valence electrons. The van der Waals surface area contributed by atoms with Crippen molar-refractivity contribution in [3.63, 3.8) is 0 Å². The van der Waals surface area contributed by atoms with E-state index < -0.39 is 24.4 Å². The van der Waals surface area contributed by atoms with Crippen molar-refractivity contribution in [1.82, 2.24) is 0 Å². The third-order valence-electron chi connectivity index (χ3n) is 4.54. The number of anilines is 2. The number of benzene rings is 2. The lowest BCUT2D eigenvalue weighted by atomic mass is 10.1. The van der Waals surface area contributed by atoms with Gasteiger partial charge in [0.1, 0.15) is 10.8 Å². The number of hydrogen-bond donors (Lipinski definition) is 2. The zero-order valence-corrected chi connectivity index (χ0v) is 22.2. The van der Waals surface area contributed by atoms with Crippen LogP contribution in [0.15, 0.2) is 36.4 Å². The van der Waals surface area contributed by atoms with E-state index in [0.717, 1.165) is 11.3 Å². The summed E-state index contributed by atoms with van der Waals surface area (Å²) in [7, 11) is 0. The van der Waals surface area contributed by atoms with E-state index in [1.165, 1.54) is 12.1 Å². The number of esters is 1. The summed E-state index contributed by atoms with van der Waals surface area (Å²) in [6.07, 6.45) is 0. The molecule has 7 nitrogen and oxygen atoms in total. The number of halogens is 4. The van der Waals surface area contributed by atoms with Crippen LogP contribution in [0, 0.1) is 6.92 Å². The fourth-order valence-corrected chi connectivity index (χ4v) is 4.86.